The van der Waals surface area contributed by atoms with Crippen molar-refractivity contribution in [3.05, 3.63) is 85.0 Å². The molecule has 156 valence electrons. The Kier molecular flexibility index (Phi) is 6.48. The summed E-state index contributed by atoms with van der Waals surface area (Å²) in [7, 11) is 0. The van der Waals surface area contributed by atoms with E-state index in [9.17, 15) is 9.59 Å². The number of H-pyrrole nitrogens is 2. The van der Waals surface area contributed by atoms with Gasteiger partial charge in [0.25, 0.3) is 5.56 Å². The minimum atomic E-state index is -0.585. The number of pyridine rings is 1. The van der Waals surface area contributed by atoms with Gasteiger partial charge in [-0.2, -0.15) is 0 Å². The zero-order valence-electron chi connectivity index (χ0n) is 16.8. The summed E-state index contributed by atoms with van der Waals surface area (Å²) in [5.41, 5.74) is -0.414. The van der Waals surface area contributed by atoms with Gasteiger partial charge in [-0.3, -0.25) is 9.59 Å². The van der Waals surface area contributed by atoms with Crippen molar-refractivity contribution in [3.63, 3.8) is 0 Å². The van der Waals surface area contributed by atoms with Crippen molar-refractivity contribution in [1.29, 1.82) is 0 Å². The molecule has 0 saturated carbocycles. The van der Waals surface area contributed by atoms with Gasteiger partial charge in [-0.25, -0.2) is 4.98 Å². The number of nitrogens with one attached hydrogen (secondary N) is 2. The number of hydrogen-bond acceptors (Lipinski definition) is 4. The Balaban J connectivity index is 2.23. The van der Waals surface area contributed by atoms with Crippen molar-refractivity contribution in [2.24, 2.45) is 0 Å². The lowest BCUT2D eigenvalue weighted by atomic mass is 9.82. The molecule has 1 aromatic carbocycles. The van der Waals surface area contributed by atoms with Crippen molar-refractivity contribution in [2.75, 3.05) is 0 Å². The number of hydrogen-bond donors (Lipinski definition) is 2. The molecular formula is C22H21Cl2N3O3. The number of rotatable bonds is 6. The lowest BCUT2D eigenvalue weighted by molar-refractivity contribution is 0.437. The first kappa shape index (κ1) is 21.9. The zero-order valence-corrected chi connectivity index (χ0v) is 18.3. The van der Waals surface area contributed by atoms with Crippen molar-refractivity contribution < 1.29 is 4.74 Å². The van der Waals surface area contributed by atoms with Gasteiger partial charge in [0.05, 0.1) is 15.7 Å². The Morgan fingerprint density at radius 3 is 2.57 bits per heavy atom. The molecule has 2 aromatic heterocycles. The van der Waals surface area contributed by atoms with Crippen LogP contribution in [-0.2, 0) is 5.41 Å². The number of allylic oxidation sites excluding steroid dienone is 2. The lowest BCUT2D eigenvalue weighted by Crippen LogP contribution is -2.26. The fourth-order valence-corrected chi connectivity index (χ4v) is 3.33. The Bertz CT molecular complexity index is 1220. The van der Waals surface area contributed by atoms with Crippen LogP contribution in [0.1, 0.15) is 32.9 Å². The summed E-state index contributed by atoms with van der Waals surface area (Å²) in [5.74, 6) is 0.661. The van der Waals surface area contributed by atoms with Crippen LogP contribution in [0.5, 0.6) is 11.5 Å². The van der Waals surface area contributed by atoms with Gasteiger partial charge in [-0.15, -0.1) is 0 Å². The molecule has 1 atom stereocenters. The van der Waals surface area contributed by atoms with Gasteiger partial charge in [0.1, 0.15) is 11.4 Å². The highest BCUT2D eigenvalue weighted by molar-refractivity contribution is 6.42. The van der Waals surface area contributed by atoms with Crippen molar-refractivity contribution in [2.45, 2.75) is 32.6 Å². The van der Waals surface area contributed by atoms with Crippen molar-refractivity contribution in [1.82, 2.24) is 15.0 Å². The third-order valence-electron chi connectivity index (χ3n) is 4.83. The summed E-state index contributed by atoms with van der Waals surface area (Å²) in [6.07, 6.45) is 6.03. The summed E-state index contributed by atoms with van der Waals surface area (Å²) < 4.78 is 5.93. The molecule has 0 radical (unpaired) electrons. The van der Waals surface area contributed by atoms with Crippen LogP contribution in [-0.4, -0.2) is 15.0 Å². The predicted molar refractivity (Wildman–Crippen MR) is 120 cm³/mol. The van der Waals surface area contributed by atoms with Crippen molar-refractivity contribution >= 4 is 23.2 Å². The van der Waals surface area contributed by atoms with Crippen LogP contribution >= 0.6 is 23.2 Å². The van der Waals surface area contributed by atoms with Gasteiger partial charge < -0.3 is 14.7 Å². The molecule has 0 bridgehead atoms. The average molecular weight is 446 g/mol. The largest absolute Gasteiger partial charge is 0.450 e. The summed E-state index contributed by atoms with van der Waals surface area (Å²) in [6, 6.07) is 7.52. The minimum absolute atomic E-state index is 0.0536. The quantitative estimate of drug-likeness (QED) is 0.492. The molecule has 2 heterocycles. The van der Waals surface area contributed by atoms with E-state index in [0.29, 0.717) is 33.6 Å². The standard InChI is InChI=1S/C22H21Cl2N3O3/c1-4-9-22(3,5-2)19-18(30-14-6-7-15(23)16(24)12-14)21(29)27-20(26-19)17-11-13(28)8-10-25-17/h4,6-12H,5H2,1-3H3,(H,25,28)(H,26,27,29). The Labute approximate surface area is 183 Å². The first-order valence-electron chi connectivity index (χ1n) is 9.38. The van der Waals surface area contributed by atoms with Gasteiger partial charge in [0.15, 0.2) is 11.3 Å². The van der Waals surface area contributed by atoms with E-state index < -0.39 is 11.0 Å². The van der Waals surface area contributed by atoms with E-state index in [1.54, 1.807) is 12.1 Å². The number of nitrogens with zero attached hydrogens (tertiary/aromatic N) is 1. The Morgan fingerprint density at radius 1 is 1.17 bits per heavy atom. The molecule has 0 aliphatic carbocycles. The van der Waals surface area contributed by atoms with Crippen LogP contribution in [0, 0.1) is 0 Å². The minimum Gasteiger partial charge on any atom is -0.450 e. The topological polar surface area (TPSA) is 87.8 Å². The average Bonchev–Trinajstić information content (AvgIpc) is 2.72. The van der Waals surface area contributed by atoms with Crippen LogP contribution in [0.15, 0.2) is 58.3 Å². The fourth-order valence-electron chi connectivity index (χ4n) is 3.04. The van der Waals surface area contributed by atoms with Gasteiger partial charge >= 0.3 is 0 Å². The van der Waals surface area contributed by atoms with Gasteiger partial charge in [0, 0.05) is 29.8 Å². The molecular weight excluding hydrogens is 425 g/mol. The third-order valence-corrected chi connectivity index (χ3v) is 5.56. The highest BCUT2D eigenvalue weighted by Gasteiger charge is 2.30. The van der Waals surface area contributed by atoms with E-state index in [4.69, 9.17) is 27.9 Å². The molecule has 0 saturated heterocycles. The van der Waals surface area contributed by atoms with E-state index >= 15 is 0 Å². The van der Waals surface area contributed by atoms with Gasteiger partial charge in [-0.1, -0.05) is 49.2 Å². The summed E-state index contributed by atoms with van der Waals surface area (Å²) >= 11 is 12.1. The monoisotopic (exact) mass is 445 g/mol. The van der Waals surface area contributed by atoms with Crippen LogP contribution in [0.25, 0.3) is 11.5 Å². The van der Waals surface area contributed by atoms with Crippen LogP contribution in [0.2, 0.25) is 10.0 Å². The van der Waals surface area contributed by atoms with E-state index in [0.717, 1.165) is 0 Å². The van der Waals surface area contributed by atoms with E-state index in [1.807, 2.05) is 32.9 Å². The molecule has 2 N–H and O–H groups in total. The Morgan fingerprint density at radius 2 is 1.93 bits per heavy atom. The second kappa shape index (κ2) is 8.90. The summed E-state index contributed by atoms with van der Waals surface area (Å²) in [6.45, 7) is 5.86. The van der Waals surface area contributed by atoms with E-state index in [-0.39, 0.29) is 17.0 Å². The summed E-state index contributed by atoms with van der Waals surface area (Å²) in [5, 5.41) is 0.692. The molecule has 8 heteroatoms. The number of halogens is 2. The first-order chi connectivity index (χ1) is 14.3. The smallest absolute Gasteiger partial charge is 0.294 e. The van der Waals surface area contributed by atoms with Crippen LogP contribution < -0.4 is 15.7 Å². The van der Waals surface area contributed by atoms with Gasteiger partial charge in [0.2, 0.25) is 5.75 Å². The Hall–Kier alpha value is -2.83. The highest BCUT2D eigenvalue weighted by atomic mass is 35.5. The predicted octanol–water partition coefficient (Wildman–Crippen LogP) is 5.47. The molecule has 1 unspecified atom stereocenters. The number of ether oxygens (including phenoxy) is 1. The summed E-state index contributed by atoms with van der Waals surface area (Å²) in [4.78, 5) is 35.1. The third kappa shape index (κ3) is 4.50. The highest BCUT2D eigenvalue weighted by Crippen LogP contribution is 2.36. The molecule has 0 spiro atoms. The van der Waals surface area contributed by atoms with E-state index in [2.05, 4.69) is 15.0 Å². The molecule has 30 heavy (non-hydrogen) atoms. The zero-order chi connectivity index (χ0) is 21.9. The molecule has 0 amide bonds. The maximum atomic E-state index is 13.0. The second-order valence-electron chi connectivity index (χ2n) is 6.98. The second-order valence-corrected chi connectivity index (χ2v) is 7.79. The molecule has 0 aliphatic heterocycles. The maximum Gasteiger partial charge on any atom is 0.294 e. The number of aromatic amines is 2. The van der Waals surface area contributed by atoms with Crippen molar-refractivity contribution in [3.8, 4) is 23.0 Å². The first-order valence-corrected chi connectivity index (χ1v) is 10.1. The molecule has 0 aliphatic rings. The van der Waals surface area contributed by atoms with Crippen LogP contribution in [0.3, 0.4) is 0 Å². The molecule has 0 fully saturated rings. The molecule has 3 aromatic rings. The van der Waals surface area contributed by atoms with Crippen LogP contribution in [0.4, 0.5) is 0 Å². The number of benzene rings is 1. The number of aromatic nitrogens is 3. The normalized spacial score (nSPS) is 13.4. The SMILES string of the molecule is CC=CC(C)(CC)c1nc(-c2cc(=O)cc[nH]2)[nH]c(=O)c1Oc1ccc(Cl)c(Cl)c1. The molecule has 3 rings (SSSR count). The molecule has 6 nitrogen and oxygen atoms in total. The maximum absolute atomic E-state index is 13.0. The lowest BCUT2D eigenvalue weighted by Gasteiger charge is -2.26. The van der Waals surface area contributed by atoms with E-state index in [1.165, 1.54) is 24.4 Å². The fraction of sp³-hybridized carbons (Fsp3) is 0.227. The van der Waals surface area contributed by atoms with Gasteiger partial charge in [-0.05, 0) is 25.5 Å².